The standard InChI is InChI=1S/C23H20N2O6S/c1-24-22(27)14-2-5-16(6-3-14)25-21(26)13-31-23(28)20-9-8-19(32-20)15-4-7-17-18(12-15)30-11-10-29-17/h2-9,12H,10-11,13H2,1H3,(H,24,27)(H,25,26). The van der Waals surface area contributed by atoms with Crippen LogP contribution in [-0.4, -0.2) is 44.7 Å². The van der Waals surface area contributed by atoms with Gasteiger partial charge in [0.2, 0.25) is 0 Å². The molecule has 0 aliphatic carbocycles. The van der Waals surface area contributed by atoms with E-state index in [1.165, 1.54) is 11.3 Å². The second-order valence-electron chi connectivity index (χ2n) is 6.80. The number of ether oxygens (including phenoxy) is 3. The van der Waals surface area contributed by atoms with E-state index in [0.717, 1.165) is 10.4 Å². The summed E-state index contributed by atoms with van der Waals surface area (Å²) in [4.78, 5) is 37.3. The van der Waals surface area contributed by atoms with Gasteiger partial charge in [0.05, 0.1) is 0 Å². The summed E-state index contributed by atoms with van der Waals surface area (Å²) in [6.45, 7) is 0.599. The zero-order valence-corrected chi connectivity index (χ0v) is 18.0. The highest BCUT2D eigenvalue weighted by Gasteiger charge is 2.16. The van der Waals surface area contributed by atoms with Crippen molar-refractivity contribution in [3.8, 4) is 21.9 Å². The van der Waals surface area contributed by atoms with Crippen molar-refractivity contribution >= 4 is 34.8 Å². The molecule has 2 N–H and O–H groups in total. The summed E-state index contributed by atoms with van der Waals surface area (Å²) in [7, 11) is 1.54. The third-order valence-electron chi connectivity index (χ3n) is 4.63. The number of hydrogen-bond donors (Lipinski definition) is 2. The number of carbonyl (C=O) groups is 3. The molecule has 8 nitrogen and oxygen atoms in total. The largest absolute Gasteiger partial charge is 0.486 e. The second-order valence-corrected chi connectivity index (χ2v) is 7.89. The zero-order valence-electron chi connectivity index (χ0n) is 17.2. The van der Waals surface area contributed by atoms with Gasteiger partial charge in [-0.2, -0.15) is 0 Å². The minimum atomic E-state index is -0.580. The van der Waals surface area contributed by atoms with Gasteiger partial charge in [0.15, 0.2) is 18.1 Å². The fraction of sp³-hybridized carbons (Fsp3) is 0.174. The lowest BCUT2D eigenvalue weighted by molar-refractivity contribution is -0.119. The number of esters is 1. The average Bonchev–Trinajstić information content (AvgIpc) is 3.33. The van der Waals surface area contributed by atoms with E-state index in [2.05, 4.69) is 10.6 Å². The lowest BCUT2D eigenvalue weighted by atomic mass is 10.1. The molecule has 164 valence electrons. The number of anilines is 1. The molecule has 2 aromatic carbocycles. The minimum absolute atomic E-state index is 0.219. The predicted molar refractivity (Wildman–Crippen MR) is 119 cm³/mol. The van der Waals surface area contributed by atoms with Crippen molar-refractivity contribution in [2.75, 3.05) is 32.2 Å². The van der Waals surface area contributed by atoms with Crippen LogP contribution in [0.4, 0.5) is 5.69 Å². The molecule has 0 saturated carbocycles. The molecule has 2 amide bonds. The Morgan fingerprint density at radius 1 is 0.969 bits per heavy atom. The number of nitrogens with one attached hydrogen (secondary N) is 2. The Labute approximate surface area is 188 Å². The fourth-order valence-electron chi connectivity index (χ4n) is 3.05. The van der Waals surface area contributed by atoms with Gasteiger partial charge in [-0.1, -0.05) is 0 Å². The number of thiophene rings is 1. The van der Waals surface area contributed by atoms with Gasteiger partial charge in [0.25, 0.3) is 11.8 Å². The maximum atomic E-state index is 12.4. The molecule has 9 heteroatoms. The van der Waals surface area contributed by atoms with Crippen molar-refractivity contribution in [2.24, 2.45) is 0 Å². The topological polar surface area (TPSA) is 103 Å². The summed E-state index contributed by atoms with van der Waals surface area (Å²) in [5.41, 5.74) is 1.87. The van der Waals surface area contributed by atoms with E-state index >= 15 is 0 Å². The summed E-state index contributed by atoms with van der Waals surface area (Å²) in [5, 5.41) is 5.14. The summed E-state index contributed by atoms with van der Waals surface area (Å²) < 4.78 is 16.3. The molecule has 1 aliphatic heterocycles. The molecule has 1 aliphatic rings. The van der Waals surface area contributed by atoms with E-state index in [-0.39, 0.29) is 5.91 Å². The van der Waals surface area contributed by atoms with Gasteiger partial charge in [-0.15, -0.1) is 11.3 Å². The van der Waals surface area contributed by atoms with Gasteiger partial charge in [0, 0.05) is 23.2 Å². The van der Waals surface area contributed by atoms with Crippen LogP contribution in [0.2, 0.25) is 0 Å². The molecule has 0 unspecified atom stereocenters. The highest BCUT2D eigenvalue weighted by molar-refractivity contribution is 7.17. The van der Waals surface area contributed by atoms with Crippen LogP contribution in [0.3, 0.4) is 0 Å². The van der Waals surface area contributed by atoms with Crippen molar-refractivity contribution in [3.63, 3.8) is 0 Å². The van der Waals surface area contributed by atoms with Gasteiger partial charge in [-0.25, -0.2) is 4.79 Å². The normalized spacial score (nSPS) is 12.0. The van der Waals surface area contributed by atoms with Crippen LogP contribution in [-0.2, 0) is 9.53 Å². The number of hydrogen-bond acceptors (Lipinski definition) is 7. The van der Waals surface area contributed by atoms with E-state index < -0.39 is 18.5 Å². The van der Waals surface area contributed by atoms with Crippen LogP contribution in [0.25, 0.3) is 10.4 Å². The Balaban J connectivity index is 1.32. The Morgan fingerprint density at radius 3 is 2.47 bits per heavy atom. The van der Waals surface area contributed by atoms with E-state index in [1.807, 2.05) is 24.3 Å². The summed E-state index contributed by atoms with van der Waals surface area (Å²) in [5.74, 6) is 0.0960. The van der Waals surface area contributed by atoms with Crippen LogP contribution in [0.5, 0.6) is 11.5 Å². The van der Waals surface area contributed by atoms with Crippen LogP contribution in [0.1, 0.15) is 20.0 Å². The number of amides is 2. The first-order valence-electron chi connectivity index (χ1n) is 9.82. The van der Waals surface area contributed by atoms with Crippen molar-refractivity contribution in [1.82, 2.24) is 5.32 Å². The molecular formula is C23H20N2O6S. The van der Waals surface area contributed by atoms with Gasteiger partial charge >= 0.3 is 5.97 Å². The number of fused-ring (bicyclic) bond motifs is 1. The van der Waals surface area contributed by atoms with Crippen LogP contribution in [0, 0.1) is 0 Å². The van der Waals surface area contributed by atoms with E-state index in [1.54, 1.807) is 37.4 Å². The number of carbonyl (C=O) groups excluding carboxylic acids is 3. The summed E-state index contributed by atoms with van der Waals surface area (Å²) in [6.07, 6.45) is 0. The third-order valence-corrected chi connectivity index (χ3v) is 5.74. The van der Waals surface area contributed by atoms with Crippen molar-refractivity contribution in [1.29, 1.82) is 0 Å². The lowest BCUT2D eigenvalue weighted by Crippen LogP contribution is -2.21. The molecule has 0 bridgehead atoms. The van der Waals surface area contributed by atoms with E-state index in [4.69, 9.17) is 14.2 Å². The predicted octanol–water partition coefficient (Wildman–Crippen LogP) is 3.34. The maximum absolute atomic E-state index is 12.4. The summed E-state index contributed by atoms with van der Waals surface area (Å²) in [6, 6.07) is 15.5. The van der Waals surface area contributed by atoms with E-state index in [9.17, 15) is 14.4 Å². The Morgan fingerprint density at radius 2 is 1.72 bits per heavy atom. The minimum Gasteiger partial charge on any atom is -0.486 e. The molecule has 1 aromatic heterocycles. The van der Waals surface area contributed by atoms with Gasteiger partial charge in [-0.05, 0) is 60.2 Å². The Hall–Kier alpha value is -3.85. The SMILES string of the molecule is CNC(=O)c1ccc(NC(=O)COC(=O)c2ccc(-c3ccc4c(c3)OCCO4)s2)cc1. The van der Waals surface area contributed by atoms with Crippen LogP contribution < -0.4 is 20.1 Å². The first-order valence-corrected chi connectivity index (χ1v) is 10.6. The number of rotatable bonds is 6. The molecule has 2 heterocycles. The highest BCUT2D eigenvalue weighted by atomic mass is 32.1. The average molecular weight is 452 g/mol. The van der Waals surface area contributed by atoms with Crippen LogP contribution in [0.15, 0.2) is 54.6 Å². The zero-order chi connectivity index (χ0) is 22.5. The molecule has 0 radical (unpaired) electrons. The molecular weight excluding hydrogens is 432 g/mol. The molecule has 3 aromatic rings. The molecule has 0 fully saturated rings. The number of benzene rings is 2. The molecule has 4 rings (SSSR count). The second kappa shape index (κ2) is 9.52. The lowest BCUT2D eigenvalue weighted by Gasteiger charge is -2.18. The molecule has 0 atom stereocenters. The van der Waals surface area contributed by atoms with Crippen molar-refractivity contribution < 1.29 is 28.6 Å². The summed E-state index contributed by atoms with van der Waals surface area (Å²) >= 11 is 1.27. The molecule has 0 saturated heterocycles. The third kappa shape index (κ3) is 4.89. The van der Waals surface area contributed by atoms with Gasteiger partial charge in [0.1, 0.15) is 18.1 Å². The fourth-order valence-corrected chi connectivity index (χ4v) is 3.94. The quantitative estimate of drug-likeness (QED) is 0.556. The monoisotopic (exact) mass is 452 g/mol. The Bertz CT molecular complexity index is 1160. The molecule has 32 heavy (non-hydrogen) atoms. The van der Waals surface area contributed by atoms with Crippen molar-refractivity contribution in [2.45, 2.75) is 0 Å². The molecule has 0 spiro atoms. The van der Waals surface area contributed by atoms with E-state index in [0.29, 0.717) is 40.8 Å². The first-order chi connectivity index (χ1) is 15.5. The Kier molecular flexibility index (Phi) is 6.37. The highest BCUT2D eigenvalue weighted by Crippen LogP contribution is 2.37. The van der Waals surface area contributed by atoms with Gasteiger partial charge < -0.3 is 24.8 Å². The van der Waals surface area contributed by atoms with Gasteiger partial charge in [-0.3, -0.25) is 9.59 Å². The first kappa shape index (κ1) is 21.4. The van der Waals surface area contributed by atoms with Crippen molar-refractivity contribution in [3.05, 3.63) is 65.0 Å². The van der Waals surface area contributed by atoms with Crippen LogP contribution >= 0.6 is 11.3 Å². The maximum Gasteiger partial charge on any atom is 0.348 e. The smallest absolute Gasteiger partial charge is 0.348 e.